The van der Waals surface area contributed by atoms with E-state index in [0.717, 1.165) is 21.3 Å². The molecular weight excluding hydrogens is 364 g/mol. The van der Waals surface area contributed by atoms with Crippen molar-refractivity contribution in [2.75, 3.05) is 18.5 Å². The number of thiazole rings is 1. The molecule has 1 aliphatic rings. The van der Waals surface area contributed by atoms with E-state index in [0.29, 0.717) is 10.7 Å². The summed E-state index contributed by atoms with van der Waals surface area (Å²) >= 11 is 1.40. The molecule has 138 valence electrons. The summed E-state index contributed by atoms with van der Waals surface area (Å²) in [6.07, 6.45) is 2.45. The molecule has 2 amide bonds. The molecule has 0 radical (unpaired) electrons. The van der Waals surface area contributed by atoms with Crippen LogP contribution in [0.25, 0.3) is 10.2 Å². The van der Waals surface area contributed by atoms with Crippen molar-refractivity contribution < 1.29 is 14.3 Å². The number of benzene rings is 1. The SMILES string of the molecule is Cc1cncc(C(=O)OC2CN(C)C(=O)N2c2nc3ccccc3s2)c1C. The van der Waals surface area contributed by atoms with Crippen LogP contribution in [0.5, 0.6) is 0 Å². The molecule has 0 N–H and O–H groups in total. The standard InChI is InChI=1S/C19H18N4O3S/c1-11-8-20-9-13(12(11)2)17(24)26-16-10-22(3)19(25)23(16)18-21-14-6-4-5-7-15(14)27-18/h4-9,16H,10H2,1-3H3. The maximum Gasteiger partial charge on any atom is 0.341 e. The first-order valence-corrected chi connectivity index (χ1v) is 9.29. The van der Waals surface area contributed by atoms with Crippen LogP contribution in [0.3, 0.4) is 0 Å². The molecule has 1 aliphatic heterocycles. The highest BCUT2D eigenvalue weighted by atomic mass is 32.1. The van der Waals surface area contributed by atoms with Gasteiger partial charge in [-0.1, -0.05) is 23.5 Å². The molecule has 0 aliphatic carbocycles. The van der Waals surface area contributed by atoms with E-state index >= 15 is 0 Å². The van der Waals surface area contributed by atoms with Gasteiger partial charge >= 0.3 is 12.0 Å². The van der Waals surface area contributed by atoms with E-state index < -0.39 is 12.2 Å². The number of amides is 2. The Labute approximate surface area is 160 Å². The van der Waals surface area contributed by atoms with Crippen LogP contribution in [-0.4, -0.2) is 46.7 Å². The summed E-state index contributed by atoms with van der Waals surface area (Å²) in [4.78, 5) is 36.9. The van der Waals surface area contributed by atoms with Crippen molar-refractivity contribution in [3.63, 3.8) is 0 Å². The molecule has 1 fully saturated rings. The lowest BCUT2D eigenvalue weighted by Gasteiger charge is -2.20. The fourth-order valence-corrected chi connectivity index (χ4v) is 3.98. The van der Waals surface area contributed by atoms with Crippen LogP contribution in [-0.2, 0) is 4.74 Å². The van der Waals surface area contributed by atoms with Gasteiger partial charge in [-0.05, 0) is 37.1 Å². The maximum atomic E-state index is 12.7. The van der Waals surface area contributed by atoms with Gasteiger partial charge in [-0.3, -0.25) is 4.98 Å². The summed E-state index contributed by atoms with van der Waals surface area (Å²) in [7, 11) is 1.68. The molecule has 1 unspecified atom stereocenters. The predicted molar refractivity (Wildman–Crippen MR) is 103 cm³/mol. The first-order chi connectivity index (χ1) is 13.0. The van der Waals surface area contributed by atoms with Crippen molar-refractivity contribution in [3.8, 4) is 0 Å². The second-order valence-corrected chi connectivity index (χ2v) is 7.50. The van der Waals surface area contributed by atoms with Crippen LogP contribution in [0.2, 0.25) is 0 Å². The van der Waals surface area contributed by atoms with Crippen molar-refractivity contribution in [1.29, 1.82) is 0 Å². The lowest BCUT2D eigenvalue weighted by atomic mass is 10.1. The van der Waals surface area contributed by atoms with Crippen molar-refractivity contribution in [2.45, 2.75) is 20.1 Å². The van der Waals surface area contributed by atoms with Gasteiger partial charge in [-0.25, -0.2) is 19.5 Å². The van der Waals surface area contributed by atoms with Gasteiger partial charge in [0.25, 0.3) is 0 Å². The third kappa shape index (κ3) is 3.02. The summed E-state index contributed by atoms with van der Waals surface area (Å²) in [5, 5.41) is 0.516. The topological polar surface area (TPSA) is 75.6 Å². The number of likely N-dealkylation sites (N-methyl/N-ethyl adjacent to an activating group) is 1. The van der Waals surface area contributed by atoms with Gasteiger partial charge in [0.05, 0.1) is 22.3 Å². The molecule has 8 heteroatoms. The average Bonchev–Trinajstić information content (AvgIpc) is 3.18. The third-order valence-electron chi connectivity index (χ3n) is 4.67. The Morgan fingerprint density at radius 1 is 1.26 bits per heavy atom. The fraction of sp³-hybridized carbons (Fsp3) is 0.263. The monoisotopic (exact) mass is 382 g/mol. The number of esters is 1. The number of anilines is 1. The Morgan fingerprint density at radius 3 is 2.81 bits per heavy atom. The lowest BCUT2D eigenvalue weighted by Crippen LogP contribution is -2.37. The zero-order valence-electron chi connectivity index (χ0n) is 15.2. The summed E-state index contributed by atoms with van der Waals surface area (Å²) < 4.78 is 6.66. The maximum absolute atomic E-state index is 12.7. The minimum atomic E-state index is -0.740. The van der Waals surface area contributed by atoms with E-state index in [9.17, 15) is 9.59 Å². The molecule has 27 heavy (non-hydrogen) atoms. The van der Waals surface area contributed by atoms with Crippen LogP contribution in [0, 0.1) is 13.8 Å². The highest BCUT2D eigenvalue weighted by Gasteiger charge is 2.41. The number of carbonyl (C=O) groups excluding carboxylic acids is 2. The quantitative estimate of drug-likeness (QED) is 0.649. The van der Waals surface area contributed by atoms with Crippen LogP contribution in [0.4, 0.5) is 9.93 Å². The minimum Gasteiger partial charge on any atom is -0.435 e. The Bertz CT molecular complexity index is 1020. The van der Waals surface area contributed by atoms with Crippen LogP contribution < -0.4 is 4.90 Å². The predicted octanol–water partition coefficient (Wildman–Crippen LogP) is 3.36. The van der Waals surface area contributed by atoms with Gasteiger partial charge in [0.2, 0.25) is 6.23 Å². The van der Waals surface area contributed by atoms with Crippen molar-refractivity contribution in [3.05, 3.63) is 53.3 Å². The van der Waals surface area contributed by atoms with E-state index in [-0.39, 0.29) is 12.6 Å². The van der Waals surface area contributed by atoms with Crippen molar-refractivity contribution >= 4 is 38.7 Å². The number of urea groups is 1. The molecule has 4 rings (SSSR count). The van der Waals surface area contributed by atoms with E-state index in [1.807, 2.05) is 38.1 Å². The van der Waals surface area contributed by atoms with E-state index in [1.54, 1.807) is 13.2 Å². The number of pyridine rings is 1. The van der Waals surface area contributed by atoms with Crippen LogP contribution >= 0.6 is 11.3 Å². The smallest absolute Gasteiger partial charge is 0.341 e. The Morgan fingerprint density at radius 2 is 2.04 bits per heavy atom. The number of ether oxygens (including phenoxy) is 1. The van der Waals surface area contributed by atoms with Gasteiger partial charge in [0.1, 0.15) is 0 Å². The summed E-state index contributed by atoms with van der Waals surface area (Å²) in [6.45, 7) is 4.02. The van der Waals surface area contributed by atoms with E-state index in [4.69, 9.17) is 4.74 Å². The highest BCUT2D eigenvalue weighted by Crippen LogP contribution is 2.33. The van der Waals surface area contributed by atoms with Gasteiger partial charge < -0.3 is 9.64 Å². The van der Waals surface area contributed by atoms with E-state index in [1.165, 1.54) is 27.3 Å². The molecule has 2 aromatic heterocycles. The Balaban J connectivity index is 1.65. The Hall–Kier alpha value is -3.00. The molecule has 3 heterocycles. The number of nitrogens with zero attached hydrogens (tertiary/aromatic N) is 4. The number of rotatable bonds is 3. The first-order valence-electron chi connectivity index (χ1n) is 8.48. The number of carbonyl (C=O) groups is 2. The molecule has 0 bridgehead atoms. The van der Waals surface area contributed by atoms with Crippen molar-refractivity contribution in [2.24, 2.45) is 0 Å². The molecule has 1 atom stereocenters. The molecule has 0 spiro atoms. The summed E-state index contributed by atoms with van der Waals surface area (Å²) in [5.74, 6) is -0.497. The minimum absolute atomic E-state index is 0.244. The molecule has 1 aromatic carbocycles. The zero-order chi connectivity index (χ0) is 19.1. The second kappa shape index (κ2) is 6.62. The van der Waals surface area contributed by atoms with Gasteiger partial charge in [-0.15, -0.1) is 0 Å². The number of para-hydroxylation sites is 1. The normalized spacial score (nSPS) is 17.0. The molecule has 1 saturated heterocycles. The van der Waals surface area contributed by atoms with Gasteiger partial charge in [0.15, 0.2) is 5.13 Å². The Kier molecular flexibility index (Phi) is 4.27. The van der Waals surface area contributed by atoms with Crippen molar-refractivity contribution in [1.82, 2.24) is 14.9 Å². The first kappa shape index (κ1) is 17.4. The van der Waals surface area contributed by atoms with Crippen LogP contribution in [0.15, 0.2) is 36.7 Å². The second-order valence-electron chi connectivity index (χ2n) is 6.49. The largest absolute Gasteiger partial charge is 0.435 e. The third-order valence-corrected chi connectivity index (χ3v) is 5.71. The van der Waals surface area contributed by atoms with E-state index in [2.05, 4.69) is 9.97 Å². The van der Waals surface area contributed by atoms with Gasteiger partial charge in [-0.2, -0.15) is 0 Å². The molecular formula is C19H18N4O3S. The highest BCUT2D eigenvalue weighted by molar-refractivity contribution is 7.22. The van der Waals surface area contributed by atoms with Crippen LogP contribution in [0.1, 0.15) is 21.5 Å². The molecule has 0 saturated carbocycles. The number of hydrogen-bond donors (Lipinski definition) is 0. The fourth-order valence-electron chi connectivity index (χ4n) is 2.98. The average molecular weight is 382 g/mol. The number of aryl methyl sites for hydroxylation is 1. The summed E-state index contributed by atoms with van der Waals surface area (Å²) in [6, 6.07) is 7.42. The summed E-state index contributed by atoms with van der Waals surface area (Å²) in [5.41, 5.74) is 2.94. The van der Waals surface area contributed by atoms with Gasteiger partial charge in [0, 0.05) is 19.4 Å². The molecule has 3 aromatic rings. The zero-order valence-corrected chi connectivity index (χ0v) is 16.0. The number of hydrogen-bond acceptors (Lipinski definition) is 6. The number of aromatic nitrogens is 2. The lowest BCUT2D eigenvalue weighted by molar-refractivity contribution is 0.0330. The molecule has 7 nitrogen and oxygen atoms in total. The number of fused-ring (bicyclic) bond motifs is 1.